The van der Waals surface area contributed by atoms with Crippen LogP contribution in [-0.4, -0.2) is 0 Å². The van der Waals surface area contributed by atoms with E-state index in [1.807, 2.05) is 37.3 Å². The lowest BCUT2D eigenvalue weighted by molar-refractivity contribution is 0.623. The first-order chi connectivity index (χ1) is 8.69. The lowest BCUT2D eigenvalue weighted by Crippen LogP contribution is -2.06. The van der Waals surface area contributed by atoms with Gasteiger partial charge in [0.25, 0.3) is 0 Å². The van der Waals surface area contributed by atoms with Crippen LogP contribution >= 0.6 is 0 Å². The van der Waals surface area contributed by atoms with E-state index in [-0.39, 0.29) is 11.9 Å². The minimum atomic E-state index is -0.224. The topological polar surface area (TPSA) is 12.0 Å². The van der Waals surface area contributed by atoms with E-state index in [0.29, 0.717) is 0 Å². The largest absolute Gasteiger partial charge is 0.378 e. The van der Waals surface area contributed by atoms with Gasteiger partial charge >= 0.3 is 0 Å². The fraction of sp³-hybridized carbons (Fsp3) is 0.125. The van der Waals surface area contributed by atoms with Gasteiger partial charge in [-0.2, -0.15) is 0 Å². The third-order valence-corrected chi connectivity index (χ3v) is 2.76. The maximum atomic E-state index is 13.1. The van der Waals surface area contributed by atoms with E-state index < -0.39 is 0 Å². The molecule has 90 valence electrons. The Morgan fingerprint density at radius 3 is 2.67 bits per heavy atom. The van der Waals surface area contributed by atoms with Crippen molar-refractivity contribution in [2.45, 2.75) is 13.0 Å². The molecule has 0 amide bonds. The minimum absolute atomic E-state index is 0.0220. The van der Waals surface area contributed by atoms with E-state index in [0.717, 1.165) is 16.8 Å². The highest BCUT2D eigenvalue weighted by Crippen LogP contribution is 2.20. The molecule has 2 aromatic carbocycles. The van der Waals surface area contributed by atoms with Crippen LogP contribution in [0.25, 0.3) is 0 Å². The average molecular weight is 239 g/mol. The van der Waals surface area contributed by atoms with Crippen LogP contribution < -0.4 is 5.32 Å². The first-order valence-corrected chi connectivity index (χ1v) is 5.78. The van der Waals surface area contributed by atoms with Crippen molar-refractivity contribution in [2.24, 2.45) is 0 Å². The Labute approximate surface area is 107 Å². The standard InChI is InChI=1S/C16H14FN/c1-3-13-6-4-9-16(10-13)18-12(2)14-7-5-8-15(17)11-14/h1,4-12,18H,2H3. The molecule has 1 atom stereocenters. The molecule has 0 saturated heterocycles. The molecule has 0 aliphatic rings. The Morgan fingerprint density at radius 2 is 1.94 bits per heavy atom. The Morgan fingerprint density at radius 1 is 1.17 bits per heavy atom. The van der Waals surface area contributed by atoms with E-state index in [2.05, 4.69) is 11.2 Å². The molecule has 0 radical (unpaired) electrons. The van der Waals surface area contributed by atoms with E-state index in [9.17, 15) is 4.39 Å². The van der Waals surface area contributed by atoms with Crippen molar-refractivity contribution < 1.29 is 4.39 Å². The summed E-state index contributed by atoms with van der Waals surface area (Å²) < 4.78 is 13.1. The second-order valence-electron chi connectivity index (χ2n) is 4.15. The number of hydrogen-bond donors (Lipinski definition) is 1. The van der Waals surface area contributed by atoms with Gasteiger partial charge in [-0.3, -0.25) is 0 Å². The summed E-state index contributed by atoms with van der Waals surface area (Å²) in [6.07, 6.45) is 5.35. The molecule has 0 fully saturated rings. The monoisotopic (exact) mass is 239 g/mol. The Balaban J connectivity index is 2.16. The highest BCUT2D eigenvalue weighted by atomic mass is 19.1. The number of benzene rings is 2. The first kappa shape index (κ1) is 12.2. The molecular formula is C16H14FN. The van der Waals surface area contributed by atoms with Crippen molar-refractivity contribution in [1.29, 1.82) is 0 Å². The highest BCUT2D eigenvalue weighted by molar-refractivity contribution is 5.51. The third kappa shape index (κ3) is 2.89. The summed E-state index contributed by atoms with van der Waals surface area (Å²) in [5, 5.41) is 3.30. The fourth-order valence-electron chi connectivity index (χ4n) is 1.81. The van der Waals surface area contributed by atoms with E-state index in [1.54, 1.807) is 6.07 Å². The predicted molar refractivity (Wildman–Crippen MR) is 72.8 cm³/mol. The predicted octanol–water partition coefficient (Wildman–Crippen LogP) is 3.98. The van der Waals surface area contributed by atoms with Crippen molar-refractivity contribution in [2.75, 3.05) is 5.32 Å². The summed E-state index contributed by atoms with van der Waals surface area (Å²) in [5.74, 6) is 2.37. The van der Waals surface area contributed by atoms with Crippen molar-refractivity contribution in [3.05, 3.63) is 65.5 Å². The fourth-order valence-corrected chi connectivity index (χ4v) is 1.81. The Hall–Kier alpha value is -2.27. The molecule has 1 N–H and O–H groups in total. The molecular weight excluding hydrogens is 225 g/mol. The smallest absolute Gasteiger partial charge is 0.123 e. The van der Waals surface area contributed by atoms with Crippen LogP contribution in [0.15, 0.2) is 48.5 Å². The van der Waals surface area contributed by atoms with Crippen molar-refractivity contribution in [1.82, 2.24) is 0 Å². The van der Waals surface area contributed by atoms with Crippen LogP contribution in [0, 0.1) is 18.2 Å². The zero-order valence-corrected chi connectivity index (χ0v) is 10.2. The zero-order valence-electron chi connectivity index (χ0n) is 10.2. The van der Waals surface area contributed by atoms with Gasteiger partial charge in [0.1, 0.15) is 5.82 Å². The van der Waals surface area contributed by atoms with Gasteiger partial charge in [-0.25, -0.2) is 4.39 Å². The lowest BCUT2D eigenvalue weighted by Gasteiger charge is -2.16. The van der Waals surface area contributed by atoms with Crippen LogP contribution in [0.1, 0.15) is 24.1 Å². The molecule has 0 saturated carbocycles. The van der Waals surface area contributed by atoms with Gasteiger partial charge in [-0.15, -0.1) is 6.42 Å². The van der Waals surface area contributed by atoms with E-state index >= 15 is 0 Å². The maximum Gasteiger partial charge on any atom is 0.123 e. The van der Waals surface area contributed by atoms with Gasteiger partial charge in [-0.05, 0) is 42.8 Å². The molecule has 2 rings (SSSR count). The number of anilines is 1. The van der Waals surface area contributed by atoms with Crippen LogP contribution in [0.3, 0.4) is 0 Å². The molecule has 2 aromatic rings. The second-order valence-corrected chi connectivity index (χ2v) is 4.15. The summed E-state index contributed by atoms with van der Waals surface area (Å²) in [4.78, 5) is 0. The summed E-state index contributed by atoms with van der Waals surface area (Å²) in [6.45, 7) is 1.98. The van der Waals surface area contributed by atoms with Crippen molar-refractivity contribution >= 4 is 5.69 Å². The molecule has 18 heavy (non-hydrogen) atoms. The molecule has 0 bridgehead atoms. The van der Waals surface area contributed by atoms with Gasteiger partial charge in [0.15, 0.2) is 0 Å². The Bertz CT molecular complexity index is 584. The third-order valence-electron chi connectivity index (χ3n) is 2.76. The molecule has 1 unspecified atom stereocenters. The highest BCUT2D eigenvalue weighted by Gasteiger charge is 2.06. The quantitative estimate of drug-likeness (QED) is 0.799. The Kier molecular flexibility index (Phi) is 3.64. The minimum Gasteiger partial charge on any atom is -0.378 e. The SMILES string of the molecule is C#Cc1cccc(NC(C)c2cccc(F)c2)c1. The average Bonchev–Trinajstić information content (AvgIpc) is 2.39. The lowest BCUT2D eigenvalue weighted by atomic mass is 10.1. The molecule has 1 nitrogen and oxygen atoms in total. The maximum absolute atomic E-state index is 13.1. The number of halogens is 1. The van der Waals surface area contributed by atoms with Gasteiger partial charge in [0.2, 0.25) is 0 Å². The van der Waals surface area contributed by atoms with Gasteiger partial charge in [-0.1, -0.05) is 24.1 Å². The molecule has 0 spiro atoms. The molecule has 0 aliphatic carbocycles. The van der Waals surface area contributed by atoms with Gasteiger partial charge in [0.05, 0.1) is 0 Å². The van der Waals surface area contributed by atoms with Gasteiger partial charge in [0, 0.05) is 17.3 Å². The van der Waals surface area contributed by atoms with Crippen LogP contribution in [-0.2, 0) is 0 Å². The van der Waals surface area contributed by atoms with E-state index in [1.165, 1.54) is 12.1 Å². The van der Waals surface area contributed by atoms with Crippen LogP contribution in [0.4, 0.5) is 10.1 Å². The normalized spacial score (nSPS) is 11.6. The number of hydrogen-bond acceptors (Lipinski definition) is 1. The van der Waals surface area contributed by atoms with Gasteiger partial charge < -0.3 is 5.32 Å². The number of nitrogens with one attached hydrogen (secondary N) is 1. The first-order valence-electron chi connectivity index (χ1n) is 5.78. The second kappa shape index (κ2) is 5.37. The molecule has 0 heterocycles. The summed E-state index contributed by atoms with van der Waals surface area (Å²) >= 11 is 0. The number of terminal acetylenes is 1. The molecule has 2 heteroatoms. The molecule has 0 aliphatic heterocycles. The summed E-state index contributed by atoms with van der Waals surface area (Å²) in [6, 6.07) is 14.2. The summed E-state index contributed by atoms with van der Waals surface area (Å²) in [5.41, 5.74) is 2.66. The molecule has 0 aromatic heterocycles. The van der Waals surface area contributed by atoms with Crippen molar-refractivity contribution in [3.63, 3.8) is 0 Å². The summed E-state index contributed by atoms with van der Waals surface area (Å²) in [7, 11) is 0. The number of rotatable bonds is 3. The van der Waals surface area contributed by atoms with E-state index in [4.69, 9.17) is 6.42 Å². The van der Waals surface area contributed by atoms with Crippen LogP contribution in [0.2, 0.25) is 0 Å². The zero-order chi connectivity index (χ0) is 13.0. The van der Waals surface area contributed by atoms with Crippen LogP contribution in [0.5, 0.6) is 0 Å². The van der Waals surface area contributed by atoms with Crippen molar-refractivity contribution in [3.8, 4) is 12.3 Å².